The van der Waals surface area contributed by atoms with E-state index in [1.807, 2.05) is 18.2 Å². The minimum absolute atomic E-state index is 0.0374. The molecule has 0 aliphatic carbocycles. The van der Waals surface area contributed by atoms with Crippen molar-refractivity contribution in [1.29, 1.82) is 0 Å². The fourth-order valence-corrected chi connectivity index (χ4v) is 3.54. The summed E-state index contributed by atoms with van der Waals surface area (Å²) in [6.07, 6.45) is 4.32. The maximum Gasteiger partial charge on any atom is 0.128 e. The molecule has 3 aromatic carbocycles. The van der Waals surface area contributed by atoms with Gasteiger partial charge in [-0.25, -0.2) is 0 Å². The van der Waals surface area contributed by atoms with E-state index >= 15 is 0 Å². The van der Waals surface area contributed by atoms with Crippen molar-refractivity contribution in [2.45, 2.75) is 25.4 Å². The molecule has 1 unspecified atom stereocenters. The van der Waals surface area contributed by atoms with E-state index < -0.39 is 0 Å². The zero-order valence-electron chi connectivity index (χ0n) is 13.8. The van der Waals surface area contributed by atoms with Crippen LogP contribution in [0, 0.1) is 0 Å². The number of rotatable bonds is 2. The Kier molecular flexibility index (Phi) is 3.62. The lowest BCUT2D eigenvalue weighted by molar-refractivity contribution is 0.167. The van der Waals surface area contributed by atoms with Gasteiger partial charge in [0.25, 0.3) is 0 Å². The number of hydrogen-bond donors (Lipinski definition) is 0. The zero-order chi connectivity index (χ0) is 16.7. The highest BCUT2D eigenvalue weighted by Gasteiger charge is 2.33. The van der Waals surface area contributed by atoms with Crippen molar-refractivity contribution in [3.05, 3.63) is 82.9 Å². The van der Waals surface area contributed by atoms with Crippen molar-refractivity contribution in [2.24, 2.45) is 0 Å². The molecule has 3 aromatic rings. The van der Waals surface area contributed by atoms with Crippen LogP contribution in [0.5, 0.6) is 5.75 Å². The van der Waals surface area contributed by atoms with Gasteiger partial charge < -0.3 is 4.74 Å². The molecule has 0 radical (unpaired) electrons. The van der Waals surface area contributed by atoms with Crippen molar-refractivity contribution in [3.8, 4) is 5.75 Å². The van der Waals surface area contributed by atoms with Crippen LogP contribution in [0.1, 0.15) is 25.0 Å². The number of benzene rings is 3. The largest absolute Gasteiger partial charge is 0.485 e. The third-order valence-corrected chi connectivity index (χ3v) is 5.14. The van der Waals surface area contributed by atoms with Crippen LogP contribution in [0.3, 0.4) is 0 Å². The molecule has 2 heteroatoms. The smallest absolute Gasteiger partial charge is 0.128 e. The quantitative estimate of drug-likeness (QED) is 0.538. The van der Waals surface area contributed by atoms with Gasteiger partial charge in [0.05, 0.1) is 0 Å². The van der Waals surface area contributed by atoms with Crippen LogP contribution in [-0.4, -0.2) is 6.10 Å². The second kappa shape index (κ2) is 5.68. The summed E-state index contributed by atoms with van der Waals surface area (Å²) < 4.78 is 6.37. The highest BCUT2D eigenvalue weighted by molar-refractivity contribution is 6.30. The second-order valence-corrected chi connectivity index (χ2v) is 7.26. The Bertz CT molecular complexity index is 940. The van der Waals surface area contributed by atoms with Gasteiger partial charge in [-0.3, -0.25) is 0 Å². The summed E-state index contributed by atoms with van der Waals surface area (Å²) in [5.41, 5.74) is 2.16. The first-order valence-electron chi connectivity index (χ1n) is 8.18. The molecule has 0 spiro atoms. The molecule has 120 valence electrons. The van der Waals surface area contributed by atoms with Crippen molar-refractivity contribution in [2.75, 3.05) is 0 Å². The topological polar surface area (TPSA) is 9.23 Å². The van der Waals surface area contributed by atoms with E-state index in [0.717, 1.165) is 16.3 Å². The molecule has 0 N–H and O–H groups in total. The van der Waals surface area contributed by atoms with Gasteiger partial charge in [0.1, 0.15) is 11.9 Å². The maximum atomic E-state index is 6.37. The Hall–Kier alpha value is -2.25. The normalized spacial score (nSPS) is 16.7. The number of halogens is 1. The van der Waals surface area contributed by atoms with Gasteiger partial charge >= 0.3 is 0 Å². The van der Waals surface area contributed by atoms with Crippen molar-refractivity contribution < 1.29 is 4.74 Å². The minimum atomic E-state index is -0.176. The van der Waals surface area contributed by atoms with Crippen LogP contribution >= 0.6 is 11.6 Å². The number of fused-ring (bicyclic) bond motifs is 3. The predicted octanol–water partition coefficient (Wildman–Crippen LogP) is 6.25. The molecule has 0 saturated carbocycles. The van der Waals surface area contributed by atoms with Gasteiger partial charge in [-0.15, -0.1) is 0 Å². The molecule has 0 aromatic heterocycles. The molecular formula is C22H19ClO. The van der Waals surface area contributed by atoms with Crippen LogP contribution in [0.15, 0.2) is 66.7 Å². The van der Waals surface area contributed by atoms with Gasteiger partial charge in [0, 0.05) is 16.0 Å². The highest BCUT2D eigenvalue weighted by Crippen LogP contribution is 2.39. The molecule has 1 atom stereocenters. The zero-order valence-corrected chi connectivity index (χ0v) is 14.5. The van der Waals surface area contributed by atoms with E-state index in [9.17, 15) is 0 Å². The summed E-state index contributed by atoms with van der Waals surface area (Å²) in [5.74, 6) is 0.941. The molecule has 0 amide bonds. The monoisotopic (exact) mass is 334 g/mol. The summed E-state index contributed by atoms with van der Waals surface area (Å²) >= 11 is 6.18. The van der Waals surface area contributed by atoms with E-state index in [4.69, 9.17) is 16.3 Å². The number of ether oxygens (including phenoxy) is 1. The van der Waals surface area contributed by atoms with Gasteiger partial charge in [-0.1, -0.05) is 74.0 Å². The molecule has 1 heterocycles. The first kappa shape index (κ1) is 15.3. The van der Waals surface area contributed by atoms with Gasteiger partial charge in [-0.2, -0.15) is 0 Å². The van der Waals surface area contributed by atoms with Gasteiger partial charge in [0.15, 0.2) is 0 Å². The average Bonchev–Trinajstić information content (AvgIpc) is 2.61. The fourth-order valence-electron chi connectivity index (χ4n) is 3.35. The van der Waals surface area contributed by atoms with Gasteiger partial charge in [-0.05, 0) is 40.6 Å². The first-order valence-corrected chi connectivity index (χ1v) is 8.56. The molecule has 0 bridgehead atoms. The van der Waals surface area contributed by atoms with E-state index in [-0.39, 0.29) is 11.5 Å². The Morgan fingerprint density at radius 3 is 2.62 bits per heavy atom. The summed E-state index contributed by atoms with van der Waals surface area (Å²) in [7, 11) is 0. The molecule has 0 saturated heterocycles. The SMILES string of the molecule is CC(C)(c1cccc(Cl)c1)C1C=Cc2c(ccc3ccccc23)O1. The van der Waals surface area contributed by atoms with E-state index in [1.165, 1.54) is 16.3 Å². The Morgan fingerprint density at radius 2 is 1.79 bits per heavy atom. The van der Waals surface area contributed by atoms with Crippen LogP contribution in [0.2, 0.25) is 5.02 Å². The van der Waals surface area contributed by atoms with Crippen LogP contribution in [0.25, 0.3) is 16.8 Å². The van der Waals surface area contributed by atoms with Crippen LogP contribution in [0.4, 0.5) is 0 Å². The van der Waals surface area contributed by atoms with Crippen LogP contribution < -0.4 is 4.74 Å². The third-order valence-electron chi connectivity index (χ3n) is 4.90. The highest BCUT2D eigenvalue weighted by atomic mass is 35.5. The van der Waals surface area contributed by atoms with E-state index in [2.05, 4.69) is 68.5 Å². The summed E-state index contributed by atoms with van der Waals surface area (Å²) in [5, 5.41) is 3.22. The summed E-state index contributed by atoms with van der Waals surface area (Å²) in [6.45, 7) is 4.39. The average molecular weight is 335 g/mol. The second-order valence-electron chi connectivity index (χ2n) is 6.83. The first-order chi connectivity index (χ1) is 11.6. The molecular weight excluding hydrogens is 316 g/mol. The lowest BCUT2D eigenvalue weighted by Crippen LogP contribution is -2.38. The molecule has 4 rings (SSSR count). The fraction of sp³-hybridized carbons (Fsp3) is 0.182. The molecule has 0 fully saturated rings. The lowest BCUT2D eigenvalue weighted by Gasteiger charge is -2.35. The van der Waals surface area contributed by atoms with Gasteiger partial charge in [0.2, 0.25) is 0 Å². The lowest BCUT2D eigenvalue weighted by atomic mass is 9.78. The maximum absolute atomic E-state index is 6.37. The minimum Gasteiger partial charge on any atom is -0.485 e. The summed E-state index contributed by atoms with van der Waals surface area (Å²) in [6, 6.07) is 20.6. The van der Waals surface area contributed by atoms with E-state index in [0.29, 0.717) is 0 Å². The Morgan fingerprint density at radius 1 is 0.958 bits per heavy atom. The molecule has 1 aliphatic heterocycles. The number of hydrogen-bond acceptors (Lipinski definition) is 1. The summed E-state index contributed by atoms with van der Waals surface area (Å²) in [4.78, 5) is 0. The molecule has 24 heavy (non-hydrogen) atoms. The molecule has 1 nitrogen and oxygen atoms in total. The van der Waals surface area contributed by atoms with Crippen LogP contribution in [-0.2, 0) is 5.41 Å². The van der Waals surface area contributed by atoms with E-state index in [1.54, 1.807) is 0 Å². The van der Waals surface area contributed by atoms with Crippen molar-refractivity contribution >= 4 is 28.4 Å². The Balaban J connectivity index is 1.74. The Labute approximate surface area is 147 Å². The molecule has 1 aliphatic rings. The standard InChI is InChI=1S/C22H19ClO/c1-22(2,16-7-5-8-17(23)14-16)21-13-11-19-18-9-4-3-6-15(18)10-12-20(19)24-21/h3-14,21H,1-2H3. The third kappa shape index (κ3) is 2.50. The van der Waals surface area contributed by atoms with Crippen molar-refractivity contribution in [1.82, 2.24) is 0 Å². The van der Waals surface area contributed by atoms with Crippen molar-refractivity contribution in [3.63, 3.8) is 0 Å². The predicted molar refractivity (Wildman–Crippen MR) is 102 cm³/mol.